The standard InChI is InChI=1S/C18H22FNO/c1-4-12(2)14-8-10-15(11-9-14)21-17-7-5-6-16(19)18(17)13(3)20/h5-13H,4,20H2,1-3H3. The zero-order chi connectivity index (χ0) is 15.4. The monoisotopic (exact) mass is 287 g/mol. The highest BCUT2D eigenvalue weighted by molar-refractivity contribution is 5.41. The zero-order valence-corrected chi connectivity index (χ0v) is 12.8. The van der Waals surface area contributed by atoms with Gasteiger partial charge in [0, 0.05) is 11.6 Å². The Kier molecular flexibility index (Phi) is 4.97. The minimum atomic E-state index is -0.416. The SMILES string of the molecule is CCC(C)c1ccc(Oc2cccc(F)c2C(C)N)cc1. The van der Waals surface area contributed by atoms with Crippen LogP contribution in [0.5, 0.6) is 11.5 Å². The van der Waals surface area contributed by atoms with Crippen LogP contribution in [-0.2, 0) is 0 Å². The first-order valence-electron chi connectivity index (χ1n) is 7.34. The van der Waals surface area contributed by atoms with E-state index in [9.17, 15) is 4.39 Å². The van der Waals surface area contributed by atoms with Gasteiger partial charge in [-0.25, -0.2) is 4.39 Å². The van der Waals surface area contributed by atoms with E-state index in [1.165, 1.54) is 11.6 Å². The zero-order valence-electron chi connectivity index (χ0n) is 12.8. The van der Waals surface area contributed by atoms with Gasteiger partial charge in [0.2, 0.25) is 0 Å². The number of hydrogen-bond donors (Lipinski definition) is 1. The van der Waals surface area contributed by atoms with Crippen molar-refractivity contribution < 1.29 is 9.13 Å². The molecule has 0 aliphatic rings. The fraction of sp³-hybridized carbons (Fsp3) is 0.333. The van der Waals surface area contributed by atoms with Gasteiger partial charge in [0.25, 0.3) is 0 Å². The average Bonchev–Trinajstić information content (AvgIpc) is 2.47. The van der Waals surface area contributed by atoms with Crippen LogP contribution in [0.4, 0.5) is 4.39 Å². The summed E-state index contributed by atoms with van der Waals surface area (Å²) >= 11 is 0. The summed E-state index contributed by atoms with van der Waals surface area (Å²) in [6.07, 6.45) is 1.10. The summed E-state index contributed by atoms with van der Waals surface area (Å²) in [7, 11) is 0. The molecule has 2 nitrogen and oxygen atoms in total. The number of halogens is 1. The van der Waals surface area contributed by atoms with Crippen molar-refractivity contribution in [2.45, 2.75) is 39.2 Å². The van der Waals surface area contributed by atoms with E-state index >= 15 is 0 Å². The molecule has 21 heavy (non-hydrogen) atoms. The van der Waals surface area contributed by atoms with Crippen LogP contribution >= 0.6 is 0 Å². The molecular formula is C18H22FNO. The third-order valence-electron chi connectivity index (χ3n) is 3.76. The third kappa shape index (κ3) is 3.61. The Balaban J connectivity index is 2.25. The molecule has 0 spiro atoms. The van der Waals surface area contributed by atoms with Crippen LogP contribution in [0.1, 0.15) is 50.3 Å². The van der Waals surface area contributed by atoms with Crippen molar-refractivity contribution in [1.29, 1.82) is 0 Å². The maximum Gasteiger partial charge on any atom is 0.135 e. The Labute approximate surface area is 125 Å². The quantitative estimate of drug-likeness (QED) is 0.825. The lowest BCUT2D eigenvalue weighted by molar-refractivity contribution is 0.460. The summed E-state index contributed by atoms with van der Waals surface area (Å²) < 4.78 is 19.7. The highest BCUT2D eigenvalue weighted by atomic mass is 19.1. The van der Waals surface area contributed by atoms with Crippen molar-refractivity contribution in [2.75, 3.05) is 0 Å². The van der Waals surface area contributed by atoms with E-state index in [4.69, 9.17) is 10.5 Å². The highest BCUT2D eigenvalue weighted by Crippen LogP contribution is 2.31. The number of hydrogen-bond acceptors (Lipinski definition) is 2. The molecule has 3 heteroatoms. The van der Waals surface area contributed by atoms with Gasteiger partial charge in [-0.15, -0.1) is 0 Å². The molecule has 0 saturated heterocycles. The molecule has 0 heterocycles. The Morgan fingerprint density at radius 2 is 1.76 bits per heavy atom. The van der Waals surface area contributed by atoms with Crippen LogP contribution in [0, 0.1) is 5.82 Å². The third-order valence-corrected chi connectivity index (χ3v) is 3.76. The molecule has 0 radical (unpaired) electrons. The minimum absolute atomic E-state index is 0.335. The maximum atomic E-state index is 13.9. The van der Waals surface area contributed by atoms with Crippen molar-refractivity contribution in [2.24, 2.45) is 5.73 Å². The Morgan fingerprint density at radius 1 is 1.10 bits per heavy atom. The molecular weight excluding hydrogens is 265 g/mol. The molecule has 2 unspecified atom stereocenters. The number of benzene rings is 2. The Morgan fingerprint density at radius 3 is 2.33 bits per heavy atom. The summed E-state index contributed by atoms with van der Waals surface area (Å²) in [5, 5.41) is 0. The lowest BCUT2D eigenvalue weighted by atomic mass is 9.99. The minimum Gasteiger partial charge on any atom is -0.457 e. The first-order valence-corrected chi connectivity index (χ1v) is 7.34. The lowest BCUT2D eigenvalue weighted by Gasteiger charge is -2.15. The molecule has 0 fully saturated rings. The van der Waals surface area contributed by atoms with Gasteiger partial charge in [0.05, 0.1) is 0 Å². The second kappa shape index (κ2) is 6.72. The van der Waals surface area contributed by atoms with Gasteiger partial charge in [-0.2, -0.15) is 0 Å². The molecule has 112 valence electrons. The van der Waals surface area contributed by atoms with Crippen molar-refractivity contribution in [3.63, 3.8) is 0 Å². The molecule has 0 bridgehead atoms. The molecule has 2 aromatic rings. The molecule has 2 aromatic carbocycles. The van der Waals surface area contributed by atoms with E-state index in [1.807, 2.05) is 24.3 Å². The summed E-state index contributed by atoms with van der Waals surface area (Å²) in [4.78, 5) is 0. The number of rotatable bonds is 5. The fourth-order valence-corrected chi connectivity index (χ4v) is 2.28. The topological polar surface area (TPSA) is 35.2 Å². The summed E-state index contributed by atoms with van der Waals surface area (Å²) in [6, 6.07) is 12.3. The lowest BCUT2D eigenvalue weighted by Crippen LogP contribution is -2.09. The van der Waals surface area contributed by atoms with Gasteiger partial charge in [-0.1, -0.05) is 32.0 Å². The predicted molar refractivity (Wildman–Crippen MR) is 84.2 cm³/mol. The molecule has 0 saturated carbocycles. The summed E-state index contributed by atoms with van der Waals surface area (Å²) in [5.74, 6) is 1.35. The van der Waals surface area contributed by atoms with Crippen LogP contribution in [0.15, 0.2) is 42.5 Å². The average molecular weight is 287 g/mol. The van der Waals surface area contributed by atoms with Gasteiger partial charge in [0.15, 0.2) is 0 Å². The van der Waals surface area contributed by atoms with Crippen molar-refractivity contribution in [1.82, 2.24) is 0 Å². The van der Waals surface area contributed by atoms with Gasteiger partial charge in [-0.05, 0) is 49.1 Å². The maximum absolute atomic E-state index is 13.9. The Hall–Kier alpha value is -1.87. The van der Waals surface area contributed by atoms with Crippen LogP contribution in [0.2, 0.25) is 0 Å². The molecule has 2 atom stereocenters. The van der Waals surface area contributed by atoms with E-state index in [-0.39, 0.29) is 5.82 Å². The predicted octanol–water partition coefficient (Wildman–Crippen LogP) is 5.15. The molecule has 0 aliphatic heterocycles. The van der Waals surface area contributed by atoms with Crippen molar-refractivity contribution >= 4 is 0 Å². The normalized spacial score (nSPS) is 13.8. The van der Waals surface area contributed by atoms with Gasteiger partial charge >= 0.3 is 0 Å². The van der Waals surface area contributed by atoms with Crippen LogP contribution in [0.3, 0.4) is 0 Å². The molecule has 2 N–H and O–H groups in total. The number of nitrogens with two attached hydrogens (primary N) is 1. The van der Waals surface area contributed by atoms with Gasteiger partial charge < -0.3 is 10.5 Å². The summed E-state index contributed by atoms with van der Waals surface area (Å²) in [5.41, 5.74) is 7.51. The van der Waals surface area contributed by atoms with Crippen LogP contribution < -0.4 is 10.5 Å². The van der Waals surface area contributed by atoms with Gasteiger partial charge in [-0.3, -0.25) is 0 Å². The van der Waals surface area contributed by atoms with E-state index in [1.54, 1.807) is 19.1 Å². The Bertz CT molecular complexity index is 593. The molecule has 0 amide bonds. The van der Waals surface area contributed by atoms with Gasteiger partial charge in [0.1, 0.15) is 17.3 Å². The fourth-order valence-electron chi connectivity index (χ4n) is 2.28. The van der Waals surface area contributed by atoms with Crippen molar-refractivity contribution in [3.8, 4) is 11.5 Å². The van der Waals surface area contributed by atoms with E-state index < -0.39 is 6.04 Å². The first-order chi connectivity index (χ1) is 10.0. The van der Waals surface area contributed by atoms with Crippen LogP contribution in [0.25, 0.3) is 0 Å². The van der Waals surface area contributed by atoms with Crippen LogP contribution in [-0.4, -0.2) is 0 Å². The smallest absolute Gasteiger partial charge is 0.135 e. The second-order valence-corrected chi connectivity index (χ2v) is 5.42. The molecule has 2 rings (SSSR count). The first kappa shape index (κ1) is 15.5. The summed E-state index contributed by atoms with van der Waals surface area (Å²) in [6.45, 7) is 6.10. The molecule has 0 aliphatic carbocycles. The van der Waals surface area contributed by atoms with E-state index in [2.05, 4.69) is 13.8 Å². The van der Waals surface area contributed by atoms with E-state index in [0.717, 1.165) is 6.42 Å². The van der Waals surface area contributed by atoms with Crippen molar-refractivity contribution in [3.05, 3.63) is 59.4 Å². The number of ether oxygens (including phenoxy) is 1. The highest BCUT2D eigenvalue weighted by Gasteiger charge is 2.14. The van der Waals surface area contributed by atoms with E-state index in [0.29, 0.717) is 23.0 Å². The molecule has 0 aromatic heterocycles. The largest absolute Gasteiger partial charge is 0.457 e. The second-order valence-electron chi connectivity index (χ2n) is 5.42.